The van der Waals surface area contributed by atoms with E-state index in [4.69, 9.17) is 0 Å². The first-order valence-electron chi connectivity index (χ1n) is 8.37. The van der Waals surface area contributed by atoms with Crippen molar-refractivity contribution in [2.24, 2.45) is 0 Å². The number of amides is 4. The number of carbonyl (C=O) groups is 3. The van der Waals surface area contributed by atoms with Crippen LogP contribution in [0.3, 0.4) is 0 Å². The van der Waals surface area contributed by atoms with Crippen LogP contribution in [-0.4, -0.2) is 41.9 Å². The lowest BCUT2D eigenvalue weighted by atomic mass is 10.2. The molecule has 1 unspecified atom stereocenters. The van der Waals surface area contributed by atoms with Crippen molar-refractivity contribution in [2.75, 3.05) is 23.7 Å². The topological polar surface area (TPSA) is 90.5 Å². The zero-order chi connectivity index (χ0) is 18.5. The number of urea groups is 1. The Morgan fingerprint density at radius 2 is 1.81 bits per heavy atom. The SMILES string of the molecule is CC(Nc1cccc(NC(=O)c2ccccc2)c1)C(=O)N1CCNC1=O. The summed E-state index contributed by atoms with van der Waals surface area (Å²) >= 11 is 0. The van der Waals surface area contributed by atoms with Gasteiger partial charge in [-0.2, -0.15) is 0 Å². The van der Waals surface area contributed by atoms with Crippen molar-refractivity contribution >= 4 is 29.2 Å². The first-order valence-corrected chi connectivity index (χ1v) is 8.37. The number of carbonyl (C=O) groups excluding carboxylic acids is 3. The zero-order valence-electron chi connectivity index (χ0n) is 14.4. The molecular weight excluding hydrogens is 332 g/mol. The van der Waals surface area contributed by atoms with Crippen LogP contribution in [0.15, 0.2) is 54.6 Å². The van der Waals surface area contributed by atoms with Crippen LogP contribution in [0.25, 0.3) is 0 Å². The van der Waals surface area contributed by atoms with Gasteiger partial charge in [-0.05, 0) is 37.3 Å². The molecule has 26 heavy (non-hydrogen) atoms. The average molecular weight is 352 g/mol. The van der Waals surface area contributed by atoms with E-state index < -0.39 is 6.04 Å². The molecule has 1 heterocycles. The Morgan fingerprint density at radius 3 is 2.50 bits per heavy atom. The summed E-state index contributed by atoms with van der Waals surface area (Å²) in [4.78, 5) is 37.4. The van der Waals surface area contributed by atoms with E-state index in [0.717, 1.165) is 0 Å². The van der Waals surface area contributed by atoms with Crippen LogP contribution in [0.2, 0.25) is 0 Å². The van der Waals surface area contributed by atoms with Crippen LogP contribution < -0.4 is 16.0 Å². The highest BCUT2D eigenvalue weighted by atomic mass is 16.2. The Balaban J connectivity index is 1.64. The second kappa shape index (κ2) is 7.69. The molecule has 3 N–H and O–H groups in total. The van der Waals surface area contributed by atoms with Gasteiger partial charge in [0.2, 0.25) is 0 Å². The molecule has 134 valence electrons. The van der Waals surface area contributed by atoms with E-state index in [2.05, 4.69) is 16.0 Å². The number of benzene rings is 2. The molecule has 0 aromatic heterocycles. The summed E-state index contributed by atoms with van der Waals surface area (Å²) < 4.78 is 0. The summed E-state index contributed by atoms with van der Waals surface area (Å²) in [5.74, 6) is -0.501. The summed E-state index contributed by atoms with van der Waals surface area (Å²) in [6, 6.07) is 15.1. The normalized spacial score (nSPS) is 14.5. The molecule has 3 rings (SSSR count). The monoisotopic (exact) mass is 352 g/mol. The van der Waals surface area contributed by atoms with Crippen molar-refractivity contribution in [2.45, 2.75) is 13.0 Å². The van der Waals surface area contributed by atoms with Crippen molar-refractivity contribution in [3.05, 3.63) is 60.2 Å². The Labute approximate surface area is 151 Å². The highest BCUT2D eigenvalue weighted by molar-refractivity contribution is 6.04. The average Bonchev–Trinajstić information content (AvgIpc) is 3.08. The van der Waals surface area contributed by atoms with Gasteiger partial charge in [-0.25, -0.2) is 4.79 Å². The molecular formula is C19H20N4O3. The fraction of sp³-hybridized carbons (Fsp3) is 0.211. The van der Waals surface area contributed by atoms with Crippen molar-refractivity contribution in [1.82, 2.24) is 10.2 Å². The molecule has 2 aromatic rings. The third-order valence-electron chi connectivity index (χ3n) is 4.03. The Morgan fingerprint density at radius 1 is 1.08 bits per heavy atom. The predicted octanol–water partition coefficient (Wildman–Crippen LogP) is 2.29. The summed E-state index contributed by atoms with van der Waals surface area (Å²) in [5.41, 5.74) is 1.85. The minimum absolute atomic E-state index is 0.208. The van der Waals surface area contributed by atoms with Crippen LogP contribution in [0.5, 0.6) is 0 Å². The second-order valence-electron chi connectivity index (χ2n) is 5.99. The molecule has 2 aromatic carbocycles. The number of rotatable bonds is 5. The molecule has 1 fully saturated rings. The maximum Gasteiger partial charge on any atom is 0.324 e. The maximum atomic E-state index is 12.3. The summed E-state index contributed by atoms with van der Waals surface area (Å²) in [7, 11) is 0. The minimum atomic E-state index is -0.570. The summed E-state index contributed by atoms with van der Waals surface area (Å²) in [6.07, 6.45) is 0. The van der Waals surface area contributed by atoms with Gasteiger partial charge in [-0.15, -0.1) is 0 Å². The number of imide groups is 1. The number of hydrogen-bond donors (Lipinski definition) is 3. The highest BCUT2D eigenvalue weighted by Gasteiger charge is 2.29. The minimum Gasteiger partial charge on any atom is -0.374 e. The van der Waals surface area contributed by atoms with Gasteiger partial charge < -0.3 is 16.0 Å². The highest BCUT2D eigenvalue weighted by Crippen LogP contribution is 2.17. The van der Waals surface area contributed by atoms with Crippen LogP contribution in [-0.2, 0) is 4.79 Å². The molecule has 0 spiro atoms. The lowest BCUT2D eigenvalue weighted by Crippen LogP contribution is -2.43. The molecule has 0 radical (unpaired) electrons. The van der Waals surface area contributed by atoms with E-state index in [1.54, 1.807) is 55.5 Å². The first-order chi connectivity index (χ1) is 12.5. The number of nitrogens with one attached hydrogen (secondary N) is 3. The van der Waals surface area contributed by atoms with Gasteiger partial charge in [-0.3, -0.25) is 14.5 Å². The van der Waals surface area contributed by atoms with Crippen LogP contribution in [0.4, 0.5) is 16.2 Å². The van der Waals surface area contributed by atoms with Gasteiger partial charge in [0.25, 0.3) is 11.8 Å². The van der Waals surface area contributed by atoms with Crippen LogP contribution >= 0.6 is 0 Å². The zero-order valence-corrected chi connectivity index (χ0v) is 14.4. The van der Waals surface area contributed by atoms with Gasteiger partial charge in [0, 0.05) is 30.0 Å². The van der Waals surface area contributed by atoms with E-state index in [1.807, 2.05) is 6.07 Å². The van der Waals surface area contributed by atoms with E-state index in [0.29, 0.717) is 30.0 Å². The van der Waals surface area contributed by atoms with Crippen molar-refractivity contribution in [3.63, 3.8) is 0 Å². The molecule has 4 amide bonds. The molecule has 0 bridgehead atoms. The Kier molecular flexibility index (Phi) is 5.17. The molecule has 1 aliphatic rings. The molecule has 7 nitrogen and oxygen atoms in total. The first kappa shape index (κ1) is 17.5. The third kappa shape index (κ3) is 4.00. The predicted molar refractivity (Wildman–Crippen MR) is 99.0 cm³/mol. The van der Waals surface area contributed by atoms with Crippen LogP contribution in [0.1, 0.15) is 17.3 Å². The van der Waals surface area contributed by atoms with Gasteiger partial charge in [0.1, 0.15) is 6.04 Å². The van der Waals surface area contributed by atoms with Gasteiger partial charge in [0.05, 0.1) is 0 Å². The van der Waals surface area contributed by atoms with Gasteiger partial charge >= 0.3 is 6.03 Å². The summed E-state index contributed by atoms with van der Waals surface area (Å²) in [6.45, 7) is 2.54. The molecule has 0 saturated carbocycles. The van der Waals surface area contributed by atoms with Crippen molar-refractivity contribution in [3.8, 4) is 0 Å². The van der Waals surface area contributed by atoms with Crippen molar-refractivity contribution < 1.29 is 14.4 Å². The van der Waals surface area contributed by atoms with E-state index in [9.17, 15) is 14.4 Å². The van der Waals surface area contributed by atoms with Gasteiger partial charge in [-0.1, -0.05) is 24.3 Å². The lowest BCUT2D eigenvalue weighted by molar-refractivity contribution is -0.128. The number of nitrogens with zero attached hydrogens (tertiary/aromatic N) is 1. The van der Waals surface area contributed by atoms with E-state index in [-0.39, 0.29) is 17.8 Å². The Bertz CT molecular complexity index is 823. The third-order valence-corrected chi connectivity index (χ3v) is 4.03. The van der Waals surface area contributed by atoms with Crippen molar-refractivity contribution in [1.29, 1.82) is 0 Å². The lowest BCUT2D eigenvalue weighted by Gasteiger charge is -2.20. The Hall–Kier alpha value is -3.35. The van der Waals surface area contributed by atoms with E-state index >= 15 is 0 Å². The smallest absolute Gasteiger partial charge is 0.324 e. The van der Waals surface area contributed by atoms with Crippen LogP contribution in [0, 0.1) is 0 Å². The standard InChI is InChI=1S/C19H20N4O3/c1-13(18(25)23-11-10-20-19(23)26)21-15-8-5-9-16(12-15)22-17(24)14-6-3-2-4-7-14/h2-9,12-13,21H,10-11H2,1H3,(H,20,26)(H,22,24). The quantitative estimate of drug-likeness (QED) is 0.770. The maximum absolute atomic E-state index is 12.3. The molecule has 1 aliphatic heterocycles. The fourth-order valence-corrected chi connectivity index (χ4v) is 2.71. The number of hydrogen-bond acceptors (Lipinski definition) is 4. The largest absolute Gasteiger partial charge is 0.374 e. The number of anilines is 2. The molecule has 1 saturated heterocycles. The van der Waals surface area contributed by atoms with E-state index in [1.165, 1.54) is 4.90 Å². The second-order valence-corrected chi connectivity index (χ2v) is 5.99. The molecule has 1 atom stereocenters. The summed E-state index contributed by atoms with van der Waals surface area (Å²) in [5, 5.41) is 8.50. The fourth-order valence-electron chi connectivity index (χ4n) is 2.71. The molecule has 0 aliphatic carbocycles. The molecule has 7 heteroatoms. The van der Waals surface area contributed by atoms with Gasteiger partial charge in [0.15, 0.2) is 0 Å².